The van der Waals surface area contributed by atoms with Crippen molar-refractivity contribution in [3.8, 4) is 0 Å². The van der Waals surface area contributed by atoms with Gasteiger partial charge in [-0.2, -0.15) is 9.97 Å². The number of aromatic nitrogens is 2. The second kappa shape index (κ2) is 11.5. The number of benzene rings is 1. The van der Waals surface area contributed by atoms with E-state index in [1.54, 1.807) is 0 Å². The number of nitrogens with zero attached hydrogens (tertiary/aromatic N) is 4. The third-order valence-electron chi connectivity index (χ3n) is 7.95. The van der Waals surface area contributed by atoms with Crippen LogP contribution >= 0.6 is 23.8 Å². The van der Waals surface area contributed by atoms with E-state index in [1.165, 1.54) is 37.7 Å². The van der Waals surface area contributed by atoms with E-state index in [4.69, 9.17) is 38.5 Å². The van der Waals surface area contributed by atoms with Crippen molar-refractivity contribution < 1.29 is 4.74 Å². The highest BCUT2D eigenvalue weighted by atomic mass is 35.5. The van der Waals surface area contributed by atoms with Crippen molar-refractivity contribution in [3.63, 3.8) is 0 Å². The summed E-state index contributed by atoms with van der Waals surface area (Å²) in [7, 11) is 0. The SMILES string of the molecule is C[C@@H]1CCCCN1c1cc(N2CCCC2)nc(NC(=S)NCC2(c3ccc(Cl)cc3)CCOCC2)n1. The van der Waals surface area contributed by atoms with Gasteiger partial charge in [-0.3, -0.25) is 0 Å². The third kappa shape index (κ3) is 5.87. The molecule has 0 aliphatic carbocycles. The average Bonchev–Trinajstić information content (AvgIpc) is 3.44. The number of ether oxygens (including phenoxy) is 1. The van der Waals surface area contributed by atoms with Gasteiger partial charge in [0.25, 0.3) is 0 Å². The van der Waals surface area contributed by atoms with Gasteiger partial charge in [0.1, 0.15) is 11.6 Å². The van der Waals surface area contributed by atoms with Crippen LogP contribution in [-0.2, 0) is 10.2 Å². The predicted octanol–water partition coefficient (Wildman–Crippen LogP) is 5.14. The standard InChI is InChI=1S/C27H37ClN6OS/c1-20-6-2-3-15-34(20)24-18-23(33-13-4-5-14-33)30-25(31-24)32-26(36)29-19-27(11-16-35-17-12-27)21-7-9-22(28)10-8-21/h7-10,18,20H,2-6,11-17,19H2,1H3,(H2,29,30,31,32,36)/t20-/m1/s1. The molecular weight excluding hydrogens is 492 g/mol. The lowest BCUT2D eigenvalue weighted by atomic mass is 9.74. The van der Waals surface area contributed by atoms with Gasteiger partial charge in [-0.25, -0.2) is 0 Å². The van der Waals surface area contributed by atoms with Crippen LogP contribution in [0.4, 0.5) is 17.6 Å². The zero-order valence-corrected chi connectivity index (χ0v) is 22.7. The molecule has 0 saturated carbocycles. The van der Waals surface area contributed by atoms with E-state index in [2.05, 4.69) is 45.6 Å². The van der Waals surface area contributed by atoms with Crippen molar-refractivity contribution in [2.24, 2.45) is 0 Å². The highest BCUT2D eigenvalue weighted by molar-refractivity contribution is 7.80. The maximum absolute atomic E-state index is 6.16. The van der Waals surface area contributed by atoms with Crippen molar-refractivity contribution in [3.05, 3.63) is 40.9 Å². The molecule has 36 heavy (non-hydrogen) atoms. The van der Waals surface area contributed by atoms with Crippen LogP contribution in [-0.4, -0.2) is 60.5 Å². The summed E-state index contributed by atoms with van der Waals surface area (Å²) < 4.78 is 5.68. The third-order valence-corrected chi connectivity index (χ3v) is 8.44. The normalized spacial score (nSPS) is 21.9. The highest BCUT2D eigenvalue weighted by Crippen LogP contribution is 2.35. The summed E-state index contributed by atoms with van der Waals surface area (Å²) >= 11 is 11.9. The molecule has 3 aliphatic rings. The Balaban J connectivity index is 1.32. The predicted molar refractivity (Wildman–Crippen MR) is 152 cm³/mol. The van der Waals surface area contributed by atoms with Crippen LogP contribution < -0.4 is 20.4 Å². The van der Waals surface area contributed by atoms with Crippen molar-refractivity contribution in [2.75, 3.05) is 54.5 Å². The molecule has 0 bridgehead atoms. The van der Waals surface area contributed by atoms with E-state index >= 15 is 0 Å². The first-order chi connectivity index (χ1) is 17.5. The highest BCUT2D eigenvalue weighted by Gasteiger charge is 2.34. The maximum atomic E-state index is 6.16. The van der Waals surface area contributed by atoms with E-state index in [0.29, 0.717) is 23.6 Å². The molecule has 3 fully saturated rings. The molecule has 7 nitrogen and oxygen atoms in total. The lowest BCUT2D eigenvalue weighted by Gasteiger charge is -2.38. The van der Waals surface area contributed by atoms with Crippen LogP contribution in [0.25, 0.3) is 0 Å². The number of nitrogens with one attached hydrogen (secondary N) is 2. The molecule has 1 aromatic heterocycles. The minimum atomic E-state index is -0.0543. The first kappa shape index (κ1) is 25.5. The number of rotatable bonds is 6. The van der Waals surface area contributed by atoms with Crippen LogP contribution in [0.1, 0.15) is 57.4 Å². The first-order valence-corrected chi connectivity index (χ1v) is 14.1. The van der Waals surface area contributed by atoms with Gasteiger partial charge < -0.3 is 25.2 Å². The van der Waals surface area contributed by atoms with Crippen molar-refractivity contribution in [1.29, 1.82) is 0 Å². The second-order valence-corrected chi connectivity index (χ2v) is 11.2. The zero-order valence-electron chi connectivity index (χ0n) is 21.1. The molecule has 0 unspecified atom stereocenters. The molecule has 2 N–H and O–H groups in total. The van der Waals surface area contributed by atoms with E-state index in [0.717, 1.165) is 62.3 Å². The van der Waals surface area contributed by atoms with Crippen LogP contribution in [0.5, 0.6) is 0 Å². The Kier molecular flexibility index (Phi) is 8.13. The molecular formula is C27H37ClN6OS. The Morgan fingerprint density at radius 2 is 1.75 bits per heavy atom. The lowest BCUT2D eigenvalue weighted by Crippen LogP contribution is -2.45. The van der Waals surface area contributed by atoms with Crippen LogP contribution in [0.2, 0.25) is 5.02 Å². The van der Waals surface area contributed by atoms with Crippen LogP contribution in [0.3, 0.4) is 0 Å². The molecule has 3 saturated heterocycles. The van der Waals surface area contributed by atoms with Gasteiger partial charge in [0, 0.05) is 61.9 Å². The van der Waals surface area contributed by atoms with Gasteiger partial charge in [-0.05, 0) is 81.8 Å². The Hall–Kier alpha value is -2.16. The number of hydrogen-bond donors (Lipinski definition) is 2. The van der Waals surface area contributed by atoms with E-state index in [-0.39, 0.29) is 5.41 Å². The molecule has 1 atom stereocenters. The smallest absolute Gasteiger partial charge is 0.232 e. The van der Waals surface area contributed by atoms with Gasteiger partial charge >= 0.3 is 0 Å². The van der Waals surface area contributed by atoms with Crippen LogP contribution in [0, 0.1) is 0 Å². The summed E-state index contributed by atoms with van der Waals surface area (Å²) in [6, 6.07) is 10.8. The zero-order chi connectivity index (χ0) is 25.0. The quantitative estimate of drug-likeness (QED) is 0.499. The van der Waals surface area contributed by atoms with E-state index < -0.39 is 0 Å². The van der Waals surface area contributed by atoms with Gasteiger partial charge in [0.05, 0.1) is 0 Å². The Bertz CT molecular complexity index is 1040. The molecule has 194 valence electrons. The minimum Gasteiger partial charge on any atom is -0.381 e. The summed E-state index contributed by atoms with van der Waals surface area (Å²) in [6.07, 6.45) is 7.96. The Morgan fingerprint density at radius 3 is 2.47 bits per heavy atom. The molecule has 2 aromatic rings. The molecule has 0 radical (unpaired) electrons. The van der Waals surface area contributed by atoms with E-state index in [1.807, 2.05) is 12.1 Å². The molecule has 0 amide bonds. The number of halogens is 1. The lowest BCUT2D eigenvalue weighted by molar-refractivity contribution is 0.0515. The van der Waals surface area contributed by atoms with Crippen molar-refractivity contribution in [1.82, 2.24) is 15.3 Å². The molecule has 9 heteroatoms. The van der Waals surface area contributed by atoms with Gasteiger partial charge in [-0.15, -0.1) is 0 Å². The number of thiocarbonyl (C=S) groups is 1. The fourth-order valence-corrected chi connectivity index (χ4v) is 5.99. The molecule has 3 aliphatic heterocycles. The molecule has 0 spiro atoms. The molecule has 1 aromatic carbocycles. The number of anilines is 3. The summed E-state index contributed by atoms with van der Waals surface area (Å²) in [5.74, 6) is 2.55. The minimum absolute atomic E-state index is 0.0543. The number of piperidine rings is 1. The maximum Gasteiger partial charge on any atom is 0.232 e. The Labute approximate surface area is 225 Å². The fourth-order valence-electron chi connectivity index (χ4n) is 5.70. The molecule has 4 heterocycles. The average molecular weight is 529 g/mol. The summed E-state index contributed by atoms with van der Waals surface area (Å²) in [4.78, 5) is 14.6. The second-order valence-electron chi connectivity index (χ2n) is 10.3. The topological polar surface area (TPSA) is 65.5 Å². The first-order valence-electron chi connectivity index (χ1n) is 13.3. The number of hydrogen-bond acceptors (Lipinski definition) is 6. The largest absolute Gasteiger partial charge is 0.381 e. The monoisotopic (exact) mass is 528 g/mol. The molecule has 5 rings (SSSR count). The fraction of sp³-hybridized carbons (Fsp3) is 0.593. The van der Waals surface area contributed by atoms with Gasteiger partial charge in [-0.1, -0.05) is 23.7 Å². The summed E-state index contributed by atoms with van der Waals surface area (Å²) in [6.45, 7) is 7.60. The van der Waals surface area contributed by atoms with E-state index in [9.17, 15) is 0 Å². The summed E-state index contributed by atoms with van der Waals surface area (Å²) in [5.41, 5.74) is 1.21. The van der Waals surface area contributed by atoms with Gasteiger partial charge in [0.2, 0.25) is 5.95 Å². The Morgan fingerprint density at radius 1 is 1.06 bits per heavy atom. The van der Waals surface area contributed by atoms with Crippen molar-refractivity contribution >= 4 is 46.5 Å². The summed E-state index contributed by atoms with van der Waals surface area (Å²) in [5, 5.41) is 8.08. The van der Waals surface area contributed by atoms with Crippen molar-refractivity contribution in [2.45, 2.75) is 63.3 Å². The van der Waals surface area contributed by atoms with Crippen LogP contribution in [0.15, 0.2) is 30.3 Å². The van der Waals surface area contributed by atoms with Gasteiger partial charge in [0.15, 0.2) is 5.11 Å².